The molecule has 1 heterocycles. The predicted octanol–water partition coefficient (Wildman–Crippen LogP) is 3.19. The Kier molecular flexibility index (Phi) is 9.44. The lowest BCUT2D eigenvalue weighted by molar-refractivity contribution is -0.162. The summed E-state index contributed by atoms with van der Waals surface area (Å²) >= 11 is 0. The molecule has 1 atom stereocenters. The van der Waals surface area contributed by atoms with Gasteiger partial charge in [0.1, 0.15) is 0 Å². The average Bonchev–Trinajstić information content (AvgIpc) is 2.71. The molecule has 1 aliphatic heterocycles. The zero-order valence-electron chi connectivity index (χ0n) is 17.3. The first-order valence-electron chi connectivity index (χ1n) is 10.2. The van der Waals surface area contributed by atoms with Gasteiger partial charge in [-0.25, -0.2) is 4.79 Å². The Morgan fingerprint density at radius 2 is 1.79 bits per heavy atom. The molecule has 0 radical (unpaired) electrons. The predicted molar refractivity (Wildman–Crippen MR) is 107 cm³/mol. The van der Waals surface area contributed by atoms with Crippen LogP contribution in [0.15, 0.2) is 30.3 Å². The van der Waals surface area contributed by atoms with Crippen LogP contribution in [0.25, 0.3) is 0 Å². The normalized spacial score (nSPS) is 16.2. The van der Waals surface area contributed by atoms with Gasteiger partial charge in [-0.05, 0) is 37.7 Å². The lowest BCUT2D eigenvalue weighted by Crippen LogP contribution is -2.43. The molecule has 2 rings (SSSR count). The first kappa shape index (κ1) is 22.4. The Labute approximate surface area is 168 Å². The van der Waals surface area contributed by atoms with E-state index >= 15 is 0 Å². The molecule has 156 valence electrons. The summed E-state index contributed by atoms with van der Waals surface area (Å²) in [6.07, 6.45) is 1.98. The van der Waals surface area contributed by atoms with E-state index in [0.717, 1.165) is 24.8 Å². The van der Waals surface area contributed by atoms with Gasteiger partial charge in [-0.15, -0.1) is 0 Å². The number of carbonyl (C=O) groups is 2. The number of likely N-dealkylation sites (tertiary alicyclic amines) is 1. The molecule has 28 heavy (non-hydrogen) atoms. The molecule has 1 aliphatic rings. The van der Waals surface area contributed by atoms with Gasteiger partial charge in [-0.1, -0.05) is 44.2 Å². The molecule has 1 aromatic carbocycles. The third kappa shape index (κ3) is 7.98. The highest BCUT2D eigenvalue weighted by atomic mass is 16.6. The van der Waals surface area contributed by atoms with Crippen LogP contribution in [0.3, 0.4) is 0 Å². The van der Waals surface area contributed by atoms with Crippen molar-refractivity contribution in [3.63, 3.8) is 0 Å². The number of hydrogen-bond acceptors (Lipinski definition) is 5. The molecule has 6 nitrogen and oxygen atoms in total. The van der Waals surface area contributed by atoms with Crippen molar-refractivity contribution in [3.05, 3.63) is 35.9 Å². The molecule has 0 aliphatic carbocycles. The molecule has 6 heteroatoms. The highest BCUT2D eigenvalue weighted by molar-refractivity contribution is 5.82. The van der Waals surface area contributed by atoms with Gasteiger partial charge in [0.05, 0.1) is 12.7 Å². The zero-order chi connectivity index (χ0) is 20.4. The van der Waals surface area contributed by atoms with E-state index in [1.165, 1.54) is 0 Å². The van der Waals surface area contributed by atoms with E-state index in [2.05, 4.69) is 13.8 Å². The average molecular weight is 392 g/mol. The van der Waals surface area contributed by atoms with Crippen molar-refractivity contribution in [1.29, 1.82) is 0 Å². The summed E-state index contributed by atoms with van der Waals surface area (Å²) in [5, 5.41) is 0. The van der Waals surface area contributed by atoms with Gasteiger partial charge in [-0.2, -0.15) is 0 Å². The van der Waals surface area contributed by atoms with Gasteiger partial charge in [0.15, 0.2) is 12.7 Å². The SMILES string of the molecule is CC(C)CCOC(C)C(=O)OCC(=O)N1CCC(OCc2ccccc2)CC1. The van der Waals surface area contributed by atoms with Crippen LogP contribution in [-0.2, 0) is 30.4 Å². The summed E-state index contributed by atoms with van der Waals surface area (Å²) in [5.74, 6) is -0.133. The molecule has 1 saturated heterocycles. The maximum atomic E-state index is 12.3. The first-order valence-corrected chi connectivity index (χ1v) is 10.2. The summed E-state index contributed by atoms with van der Waals surface area (Å²) in [6, 6.07) is 10.1. The number of rotatable bonds is 10. The van der Waals surface area contributed by atoms with Crippen LogP contribution in [0.5, 0.6) is 0 Å². The molecular formula is C22H33NO5. The lowest BCUT2D eigenvalue weighted by atomic mass is 10.1. The van der Waals surface area contributed by atoms with E-state index in [4.69, 9.17) is 14.2 Å². The van der Waals surface area contributed by atoms with Gasteiger partial charge in [0.25, 0.3) is 5.91 Å². The largest absolute Gasteiger partial charge is 0.454 e. The summed E-state index contributed by atoms with van der Waals surface area (Å²) in [4.78, 5) is 26.0. The standard InChI is InChI=1S/C22H33NO5/c1-17(2)11-14-26-18(3)22(25)28-16-21(24)23-12-9-20(10-13-23)27-15-19-7-5-4-6-8-19/h4-8,17-18,20H,9-16H2,1-3H3. The number of hydrogen-bond donors (Lipinski definition) is 0. The second-order valence-corrected chi connectivity index (χ2v) is 7.68. The smallest absolute Gasteiger partial charge is 0.335 e. The van der Waals surface area contributed by atoms with Crippen LogP contribution in [0.2, 0.25) is 0 Å². The minimum atomic E-state index is -0.649. The zero-order valence-corrected chi connectivity index (χ0v) is 17.3. The van der Waals surface area contributed by atoms with Gasteiger partial charge in [0, 0.05) is 19.7 Å². The summed E-state index contributed by atoms with van der Waals surface area (Å²) in [5.41, 5.74) is 1.15. The Bertz CT molecular complexity index is 596. The van der Waals surface area contributed by atoms with E-state index in [0.29, 0.717) is 32.2 Å². The fraction of sp³-hybridized carbons (Fsp3) is 0.636. The molecule has 0 spiro atoms. The fourth-order valence-corrected chi connectivity index (χ4v) is 2.95. The third-order valence-corrected chi connectivity index (χ3v) is 4.86. The van der Waals surface area contributed by atoms with Gasteiger partial charge in [0.2, 0.25) is 0 Å². The molecule has 1 amide bonds. The van der Waals surface area contributed by atoms with Crippen LogP contribution in [-0.4, -0.2) is 55.3 Å². The molecule has 0 N–H and O–H groups in total. The Morgan fingerprint density at radius 3 is 2.43 bits per heavy atom. The van der Waals surface area contributed by atoms with Crippen molar-refractivity contribution < 1.29 is 23.8 Å². The van der Waals surface area contributed by atoms with E-state index in [9.17, 15) is 9.59 Å². The second-order valence-electron chi connectivity index (χ2n) is 7.68. The van der Waals surface area contributed by atoms with Crippen LogP contribution >= 0.6 is 0 Å². The minimum absolute atomic E-state index is 0.154. The number of piperidine rings is 1. The topological polar surface area (TPSA) is 65.1 Å². The Balaban J connectivity index is 1.61. The van der Waals surface area contributed by atoms with Crippen molar-refractivity contribution >= 4 is 11.9 Å². The Morgan fingerprint density at radius 1 is 1.11 bits per heavy atom. The number of nitrogens with zero attached hydrogens (tertiary/aromatic N) is 1. The Hall–Kier alpha value is -1.92. The molecule has 1 unspecified atom stereocenters. The number of carbonyl (C=O) groups excluding carboxylic acids is 2. The molecule has 0 saturated carbocycles. The maximum Gasteiger partial charge on any atom is 0.335 e. The van der Waals surface area contributed by atoms with Gasteiger partial charge < -0.3 is 19.1 Å². The minimum Gasteiger partial charge on any atom is -0.454 e. The number of benzene rings is 1. The monoisotopic (exact) mass is 391 g/mol. The van der Waals surface area contributed by atoms with Crippen molar-refractivity contribution in [1.82, 2.24) is 4.90 Å². The van der Waals surface area contributed by atoms with E-state index in [-0.39, 0.29) is 18.6 Å². The maximum absolute atomic E-state index is 12.3. The quantitative estimate of drug-likeness (QED) is 0.573. The van der Waals surface area contributed by atoms with E-state index < -0.39 is 12.1 Å². The van der Waals surface area contributed by atoms with Crippen molar-refractivity contribution in [3.8, 4) is 0 Å². The third-order valence-electron chi connectivity index (χ3n) is 4.86. The number of amides is 1. The molecule has 1 aromatic rings. The second kappa shape index (κ2) is 11.8. The summed E-state index contributed by atoms with van der Waals surface area (Å²) in [7, 11) is 0. The highest BCUT2D eigenvalue weighted by Crippen LogP contribution is 2.16. The molecule has 0 bridgehead atoms. The number of ether oxygens (including phenoxy) is 3. The molecular weight excluding hydrogens is 358 g/mol. The van der Waals surface area contributed by atoms with Crippen LogP contribution in [0, 0.1) is 5.92 Å². The first-order chi connectivity index (χ1) is 13.5. The number of esters is 1. The molecule has 0 aromatic heterocycles. The van der Waals surface area contributed by atoms with Crippen molar-refractivity contribution in [2.75, 3.05) is 26.3 Å². The van der Waals surface area contributed by atoms with Crippen LogP contribution in [0.4, 0.5) is 0 Å². The van der Waals surface area contributed by atoms with E-state index in [1.807, 2.05) is 30.3 Å². The van der Waals surface area contributed by atoms with Crippen molar-refractivity contribution in [2.24, 2.45) is 5.92 Å². The lowest BCUT2D eigenvalue weighted by Gasteiger charge is -2.32. The molecule has 1 fully saturated rings. The van der Waals surface area contributed by atoms with Gasteiger partial charge >= 0.3 is 5.97 Å². The highest BCUT2D eigenvalue weighted by Gasteiger charge is 2.25. The van der Waals surface area contributed by atoms with Crippen LogP contribution in [0.1, 0.15) is 45.6 Å². The fourth-order valence-electron chi connectivity index (χ4n) is 2.95. The van der Waals surface area contributed by atoms with E-state index in [1.54, 1.807) is 11.8 Å². The van der Waals surface area contributed by atoms with Gasteiger partial charge in [-0.3, -0.25) is 4.79 Å². The van der Waals surface area contributed by atoms with Crippen molar-refractivity contribution in [2.45, 2.75) is 58.8 Å². The summed E-state index contributed by atoms with van der Waals surface area (Å²) in [6.45, 7) is 7.97. The van der Waals surface area contributed by atoms with Crippen LogP contribution < -0.4 is 0 Å². The summed E-state index contributed by atoms with van der Waals surface area (Å²) < 4.78 is 16.5.